The third kappa shape index (κ3) is 4.60. The number of likely N-dealkylation sites (tertiary alicyclic amines) is 1. The molecule has 1 N–H and O–H groups in total. The minimum Gasteiger partial charge on any atom is -0.496 e. The van der Waals surface area contributed by atoms with Gasteiger partial charge in [-0.25, -0.2) is 0 Å². The van der Waals surface area contributed by atoms with Crippen molar-refractivity contribution >= 4 is 40.7 Å². The van der Waals surface area contributed by atoms with Crippen LogP contribution in [0.1, 0.15) is 23.2 Å². The minimum absolute atomic E-state index is 0.151. The molecule has 0 atom stereocenters. The van der Waals surface area contributed by atoms with Crippen molar-refractivity contribution in [3.63, 3.8) is 0 Å². The smallest absolute Gasteiger partial charge is 0.261 e. The summed E-state index contributed by atoms with van der Waals surface area (Å²) in [6, 6.07) is 10.3. The molecule has 1 aliphatic rings. The molecule has 1 fully saturated rings. The van der Waals surface area contributed by atoms with Gasteiger partial charge in [0.25, 0.3) is 5.91 Å². The molecular formula is C21H22Cl2N2O4. The normalized spacial score (nSPS) is 14.4. The number of piperidine rings is 1. The van der Waals surface area contributed by atoms with Crippen LogP contribution in [0.3, 0.4) is 0 Å². The van der Waals surface area contributed by atoms with Crippen molar-refractivity contribution in [1.82, 2.24) is 4.90 Å². The Morgan fingerprint density at radius 3 is 2.00 bits per heavy atom. The monoisotopic (exact) mass is 436 g/mol. The van der Waals surface area contributed by atoms with E-state index in [-0.39, 0.29) is 17.7 Å². The fraction of sp³-hybridized carbons (Fsp3) is 0.333. The maximum Gasteiger partial charge on any atom is 0.261 e. The standard InChI is InChI=1S/C21H22Cl2N2O4/c1-28-16-7-4-8-17(29-2)18(16)21(27)25-11-9-13(10-12-25)20(26)24-19-14(22)5-3-6-15(19)23/h3-8,13H,9-12H2,1-2H3,(H,24,26). The summed E-state index contributed by atoms with van der Waals surface area (Å²) in [5, 5.41) is 3.60. The second kappa shape index (κ2) is 9.37. The fourth-order valence-corrected chi connectivity index (χ4v) is 3.90. The van der Waals surface area contributed by atoms with Gasteiger partial charge in [0.05, 0.1) is 30.0 Å². The summed E-state index contributed by atoms with van der Waals surface area (Å²) >= 11 is 12.3. The van der Waals surface area contributed by atoms with E-state index in [4.69, 9.17) is 32.7 Å². The highest BCUT2D eigenvalue weighted by Gasteiger charge is 2.31. The molecule has 2 aromatic carbocycles. The van der Waals surface area contributed by atoms with Gasteiger partial charge in [0.1, 0.15) is 17.1 Å². The highest BCUT2D eigenvalue weighted by Crippen LogP contribution is 2.33. The van der Waals surface area contributed by atoms with Gasteiger partial charge in [-0.3, -0.25) is 9.59 Å². The summed E-state index contributed by atoms with van der Waals surface area (Å²) in [7, 11) is 3.03. The van der Waals surface area contributed by atoms with E-state index in [2.05, 4.69) is 5.32 Å². The second-order valence-corrected chi connectivity index (χ2v) is 7.50. The van der Waals surface area contributed by atoms with Crippen LogP contribution in [0.4, 0.5) is 5.69 Å². The Kier molecular flexibility index (Phi) is 6.87. The molecule has 154 valence electrons. The lowest BCUT2D eigenvalue weighted by Crippen LogP contribution is -2.41. The van der Waals surface area contributed by atoms with E-state index in [9.17, 15) is 9.59 Å². The number of rotatable bonds is 5. The van der Waals surface area contributed by atoms with Crippen molar-refractivity contribution in [2.45, 2.75) is 12.8 Å². The van der Waals surface area contributed by atoms with E-state index in [1.165, 1.54) is 14.2 Å². The largest absolute Gasteiger partial charge is 0.496 e. The molecule has 0 saturated carbocycles. The molecule has 1 saturated heterocycles. The van der Waals surface area contributed by atoms with E-state index in [0.29, 0.717) is 58.7 Å². The van der Waals surface area contributed by atoms with Crippen molar-refractivity contribution in [2.75, 3.05) is 32.6 Å². The molecule has 6 nitrogen and oxygen atoms in total. The number of nitrogens with one attached hydrogen (secondary N) is 1. The van der Waals surface area contributed by atoms with Crippen LogP contribution in [0, 0.1) is 5.92 Å². The molecule has 3 rings (SSSR count). The topological polar surface area (TPSA) is 67.9 Å². The van der Waals surface area contributed by atoms with E-state index >= 15 is 0 Å². The lowest BCUT2D eigenvalue weighted by Gasteiger charge is -2.32. The van der Waals surface area contributed by atoms with E-state index in [1.54, 1.807) is 41.3 Å². The average Bonchev–Trinajstić information content (AvgIpc) is 2.75. The highest BCUT2D eigenvalue weighted by molar-refractivity contribution is 6.39. The van der Waals surface area contributed by atoms with E-state index in [1.807, 2.05) is 0 Å². The van der Waals surface area contributed by atoms with Crippen LogP contribution < -0.4 is 14.8 Å². The molecule has 2 aromatic rings. The number of amides is 2. The number of nitrogens with zero attached hydrogens (tertiary/aromatic N) is 1. The number of halogens is 2. The first-order valence-corrected chi connectivity index (χ1v) is 9.97. The SMILES string of the molecule is COc1cccc(OC)c1C(=O)N1CCC(C(=O)Nc2c(Cl)cccc2Cl)CC1. The van der Waals surface area contributed by atoms with Crippen LogP contribution >= 0.6 is 23.2 Å². The molecule has 0 radical (unpaired) electrons. The van der Waals surface area contributed by atoms with Gasteiger partial charge in [0, 0.05) is 19.0 Å². The molecule has 2 amide bonds. The molecule has 0 spiro atoms. The van der Waals surface area contributed by atoms with Crippen molar-refractivity contribution in [3.05, 3.63) is 52.0 Å². The Morgan fingerprint density at radius 2 is 1.48 bits per heavy atom. The number of hydrogen-bond donors (Lipinski definition) is 1. The van der Waals surface area contributed by atoms with Crippen molar-refractivity contribution < 1.29 is 19.1 Å². The van der Waals surface area contributed by atoms with Gasteiger partial charge in [-0.1, -0.05) is 35.3 Å². The van der Waals surface area contributed by atoms with Crippen LogP contribution in [-0.2, 0) is 4.79 Å². The summed E-state index contributed by atoms with van der Waals surface area (Å²) in [6.45, 7) is 0.906. The van der Waals surface area contributed by atoms with Crippen LogP contribution in [0.25, 0.3) is 0 Å². The van der Waals surface area contributed by atoms with Crippen LogP contribution in [0.5, 0.6) is 11.5 Å². The number of carbonyl (C=O) groups excluding carboxylic acids is 2. The van der Waals surface area contributed by atoms with Gasteiger partial charge in [-0.05, 0) is 37.1 Å². The van der Waals surface area contributed by atoms with Crippen LogP contribution in [0.2, 0.25) is 10.0 Å². The molecule has 1 aliphatic heterocycles. The first-order valence-electron chi connectivity index (χ1n) is 9.21. The fourth-order valence-electron chi connectivity index (χ4n) is 3.41. The predicted molar refractivity (Wildman–Crippen MR) is 113 cm³/mol. The van der Waals surface area contributed by atoms with E-state index in [0.717, 1.165) is 0 Å². The summed E-state index contributed by atoms with van der Waals surface area (Å²) in [5.41, 5.74) is 0.807. The lowest BCUT2D eigenvalue weighted by atomic mass is 9.95. The first-order chi connectivity index (χ1) is 14.0. The van der Waals surface area contributed by atoms with Crippen molar-refractivity contribution in [2.24, 2.45) is 5.92 Å². The van der Waals surface area contributed by atoms with Crippen molar-refractivity contribution in [3.8, 4) is 11.5 Å². The third-order valence-corrected chi connectivity index (χ3v) is 5.64. The van der Waals surface area contributed by atoms with Crippen LogP contribution in [0.15, 0.2) is 36.4 Å². The second-order valence-electron chi connectivity index (χ2n) is 6.69. The zero-order valence-corrected chi connectivity index (χ0v) is 17.7. The summed E-state index contributed by atoms with van der Waals surface area (Å²) in [5.74, 6) is 0.366. The molecule has 0 aromatic heterocycles. The number of hydrogen-bond acceptors (Lipinski definition) is 4. The Morgan fingerprint density at radius 1 is 0.966 bits per heavy atom. The van der Waals surface area contributed by atoms with Gasteiger partial charge in [0.15, 0.2) is 0 Å². The van der Waals surface area contributed by atoms with Crippen LogP contribution in [-0.4, -0.2) is 44.0 Å². The number of benzene rings is 2. The summed E-state index contributed by atoms with van der Waals surface area (Å²) in [4.78, 5) is 27.4. The number of methoxy groups -OCH3 is 2. The number of ether oxygens (including phenoxy) is 2. The maximum absolute atomic E-state index is 13.0. The zero-order chi connectivity index (χ0) is 21.0. The minimum atomic E-state index is -0.231. The van der Waals surface area contributed by atoms with Crippen molar-refractivity contribution in [1.29, 1.82) is 0 Å². The molecule has 29 heavy (non-hydrogen) atoms. The summed E-state index contributed by atoms with van der Waals surface area (Å²) < 4.78 is 10.7. The van der Waals surface area contributed by atoms with Gasteiger partial charge in [0.2, 0.25) is 5.91 Å². The van der Waals surface area contributed by atoms with Gasteiger partial charge in [-0.15, -0.1) is 0 Å². The predicted octanol–water partition coefficient (Wildman–Crippen LogP) is 4.50. The zero-order valence-electron chi connectivity index (χ0n) is 16.2. The maximum atomic E-state index is 13.0. The first kappa shape index (κ1) is 21.3. The Balaban J connectivity index is 1.66. The lowest BCUT2D eigenvalue weighted by molar-refractivity contribution is -0.121. The van der Waals surface area contributed by atoms with E-state index < -0.39 is 0 Å². The van der Waals surface area contributed by atoms with Gasteiger partial charge >= 0.3 is 0 Å². The number of anilines is 1. The number of carbonyl (C=O) groups is 2. The van der Waals surface area contributed by atoms with Gasteiger partial charge in [-0.2, -0.15) is 0 Å². The van der Waals surface area contributed by atoms with Gasteiger partial charge < -0.3 is 19.7 Å². The quantitative estimate of drug-likeness (QED) is 0.748. The molecule has 0 aliphatic carbocycles. The Hall–Kier alpha value is -2.44. The third-order valence-electron chi connectivity index (χ3n) is 5.01. The Bertz CT molecular complexity index is 869. The Labute approximate surface area is 179 Å². The average molecular weight is 437 g/mol. The molecule has 0 unspecified atom stereocenters. The molecule has 8 heteroatoms. The molecule has 0 bridgehead atoms. The molecule has 1 heterocycles. The molecular weight excluding hydrogens is 415 g/mol. The summed E-state index contributed by atoms with van der Waals surface area (Å²) in [6.07, 6.45) is 1.08. The highest BCUT2D eigenvalue weighted by atomic mass is 35.5. The number of para-hydroxylation sites is 1.